The molecule has 23 heavy (non-hydrogen) atoms. The minimum atomic E-state index is -0.212. The lowest BCUT2D eigenvalue weighted by atomic mass is 10.0. The van der Waals surface area contributed by atoms with Crippen LogP contribution in [0.15, 0.2) is 51.7 Å². The summed E-state index contributed by atoms with van der Waals surface area (Å²) in [5.74, 6) is 0.440. The molecule has 2 aromatic carbocycles. The summed E-state index contributed by atoms with van der Waals surface area (Å²) >= 11 is 12.1. The fourth-order valence-electron chi connectivity index (χ4n) is 2.65. The summed E-state index contributed by atoms with van der Waals surface area (Å²) in [6.07, 6.45) is 0. The van der Waals surface area contributed by atoms with Crippen LogP contribution < -0.4 is 5.56 Å². The van der Waals surface area contributed by atoms with Crippen molar-refractivity contribution in [2.24, 2.45) is 7.05 Å². The molecule has 0 N–H and O–H groups in total. The molecular formula is C17H10Cl2N2O2. The van der Waals surface area contributed by atoms with Gasteiger partial charge < -0.3 is 4.42 Å². The van der Waals surface area contributed by atoms with E-state index in [1.807, 2.05) is 24.3 Å². The number of nitrogens with zero attached hydrogens (tertiary/aromatic N) is 2. The van der Waals surface area contributed by atoms with E-state index < -0.39 is 0 Å². The SMILES string of the molecule is Cn1nc2c3ccccc3oc(-c3ccc(Cl)c(Cl)c3)c-2c1=O. The van der Waals surface area contributed by atoms with Crippen molar-refractivity contribution >= 4 is 34.2 Å². The summed E-state index contributed by atoms with van der Waals surface area (Å²) in [6.45, 7) is 0. The highest BCUT2D eigenvalue weighted by Crippen LogP contribution is 2.38. The maximum absolute atomic E-state index is 12.5. The van der Waals surface area contributed by atoms with Crippen LogP contribution in [0.25, 0.3) is 33.6 Å². The molecule has 0 amide bonds. The highest BCUT2D eigenvalue weighted by molar-refractivity contribution is 6.42. The predicted molar refractivity (Wildman–Crippen MR) is 91.3 cm³/mol. The van der Waals surface area contributed by atoms with Gasteiger partial charge in [0.05, 0.1) is 10.0 Å². The molecule has 0 bridgehead atoms. The average Bonchev–Trinajstić information content (AvgIpc) is 2.85. The van der Waals surface area contributed by atoms with Crippen molar-refractivity contribution in [1.29, 1.82) is 0 Å². The van der Waals surface area contributed by atoms with Crippen molar-refractivity contribution in [2.75, 3.05) is 0 Å². The normalized spacial score (nSPS) is 11.4. The van der Waals surface area contributed by atoms with Gasteiger partial charge in [0.2, 0.25) is 0 Å². The second-order valence-electron chi connectivity index (χ2n) is 5.21. The zero-order valence-corrected chi connectivity index (χ0v) is 13.5. The summed E-state index contributed by atoms with van der Waals surface area (Å²) in [5, 5.41) is 5.99. The van der Waals surface area contributed by atoms with Gasteiger partial charge in [-0.15, -0.1) is 0 Å². The Bertz CT molecular complexity index is 1080. The number of para-hydroxylation sites is 1. The van der Waals surface area contributed by atoms with Crippen molar-refractivity contribution in [3.8, 4) is 22.6 Å². The van der Waals surface area contributed by atoms with Gasteiger partial charge >= 0.3 is 0 Å². The Kier molecular flexibility index (Phi) is 3.18. The number of halogens is 2. The number of aryl methyl sites for hydroxylation is 1. The highest BCUT2D eigenvalue weighted by atomic mass is 35.5. The van der Waals surface area contributed by atoms with Crippen LogP contribution >= 0.6 is 23.2 Å². The van der Waals surface area contributed by atoms with Crippen LogP contribution in [-0.4, -0.2) is 9.78 Å². The Morgan fingerprint density at radius 3 is 2.65 bits per heavy atom. The Morgan fingerprint density at radius 2 is 1.87 bits per heavy atom. The van der Waals surface area contributed by atoms with E-state index in [1.54, 1.807) is 25.2 Å². The molecular weight excluding hydrogens is 335 g/mol. The van der Waals surface area contributed by atoms with E-state index >= 15 is 0 Å². The fourth-order valence-corrected chi connectivity index (χ4v) is 2.95. The molecule has 0 saturated heterocycles. The fraction of sp³-hybridized carbons (Fsp3) is 0.0588. The summed E-state index contributed by atoms with van der Waals surface area (Å²) < 4.78 is 7.31. The topological polar surface area (TPSA) is 48.0 Å². The zero-order valence-electron chi connectivity index (χ0n) is 12.0. The first-order chi connectivity index (χ1) is 11.1. The zero-order chi connectivity index (χ0) is 16.1. The Balaban J connectivity index is 2.16. The lowest BCUT2D eigenvalue weighted by Crippen LogP contribution is -2.12. The predicted octanol–water partition coefficient (Wildman–Crippen LogP) is 4.61. The van der Waals surface area contributed by atoms with Gasteiger partial charge in [0, 0.05) is 18.0 Å². The van der Waals surface area contributed by atoms with Crippen LogP contribution in [-0.2, 0) is 7.05 Å². The lowest BCUT2D eigenvalue weighted by molar-refractivity contribution is 0.621. The van der Waals surface area contributed by atoms with Gasteiger partial charge in [0.1, 0.15) is 22.6 Å². The van der Waals surface area contributed by atoms with E-state index in [0.717, 1.165) is 5.39 Å². The molecule has 0 unspecified atom stereocenters. The average molecular weight is 345 g/mol. The third kappa shape index (κ3) is 2.14. The number of benzene rings is 2. The van der Waals surface area contributed by atoms with Crippen molar-refractivity contribution in [2.45, 2.75) is 0 Å². The van der Waals surface area contributed by atoms with Crippen LogP contribution in [0.4, 0.5) is 0 Å². The smallest absolute Gasteiger partial charge is 0.279 e. The van der Waals surface area contributed by atoms with Crippen molar-refractivity contribution in [1.82, 2.24) is 9.78 Å². The van der Waals surface area contributed by atoms with Crippen LogP contribution in [0.2, 0.25) is 10.0 Å². The van der Waals surface area contributed by atoms with E-state index in [9.17, 15) is 4.79 Å². The Labute approximate surface area is 141 Å². The van der Waals surface area contributed by atoms with Gasteiger partial charge in [0.15, 0.2) is 0 Å². The molecule has 114 valence electrons. The van der Waals surface area contributed by atoms with E-state index in [2.05, 4.69) is 5.10 Å². The highest BCUT2D eigenvalue weighted by Gasteiger charge is 2.24. The number of hydrogen-bond acceptors (Lipinski definition) is 3. The lowest BCUT2D eigenvalue weighted by Gasteiger charge is -2.09. The molecule has 2 aliphatic heterocycles. The second-order valence-corrected chi connectivity index (χ2v) is 6.02. The molecule has 0 atom stereocenters. The second kappa shape index (κ2) is 5.11. The van der Waals surface area contributed by atoms with Gasteiger partial charge in [-0.3, -0.25) is 4.79 Å². The summed E-state index contributed by atoms with van der Waals surface area (Å²) in [7, 11) is 1.62. The van der Waals surface area contributed by atoms with E-state index in [0.29, 0.717) is 38.2 Å². The third-order valence-corrected chi connectivity index (χ3v) is 4.50. The molecule has 2 heterocycles. The van der Waals surface area contributed by atoms with Gasteiger partial charge in [-0.05, 0) is 30.3 Å². The molecule has 0 spiro atoms. The maximum atomic E-state index is 12.5. The van der Waals surface area contributed by atoms with E-state index in [-0.39, 0.29) is 5.56 Å². The standard InChI is InChI=1S/C17H10Cl2N2O2/c1-21-17(22)14-15(20-21)10-4-2-3-5-13(10)23-16(14)9-6-7-11(18)12(19)8-9/h2-8H,1H3. The summed E-state index contributed by atoms with van der Waals surface area (Å²) in [4.78, 5) is 12.5. The molecule has 6 heteroatoms. The molecule has 0 aliphatic carbocycles. The first-order valence-electron chi connectivity index (χ1n) is 6.90. The minimum Gasteiger partial charge on any atom is -0.455 e. The van der Waals surface area contributed by atoms with Gasteiger partial charge in [-0.1, -0.05) is 35.3 Å². The van der Waals surface area contributed by atoms with Crippen molar-refractivity contribution in [3.63, 3.8) is 0 Å². The number of hydrogen-bond donors (Lipinski definition) is 0. The van der Waals surface area contributed by atoms with E-state index in [4.69, 9.17) is 27.6 Å². The van der Waals surface area contributed by atoms with Crippen LogP contribution in [0.5, 0.6) is 0 Å². The van der Waals surface area contributed by atoms with Gasteiger partial charge in [0.25, 0.3) is 5.56 Å². The largest absolute Gasteiger partial charge is 0.455 e. The Morgan fingerprint density at radius 1 is 1.09 bits per heavy atom. The molecule has 4 nitrogen and oxygen atoms in total. The molecule has 0 radical (unpaired) electrons. The molecule has 2 aromatic rings. The number of rotatable bonds is 1. The summed E-state index contributed by atoms with van der Waals surface area (Å²) in [5.41, 5.74) is 2.17. The van der Waals surface area contributed by atoms with E-state index in [1.165, 1.54) is 4.68 Å². The maximum Gasteiger partial charge on any atom is 0.279 e. The minimum absolute atomic E-state index is 0.212. The third-order valence-electron chi connectivity index (χ3n) is 3.76. The first kappa shape index (κ1) is 14.3. The number of fused-ring (bicyclic) bond motifs is 3. The van der Waals surface area contributed by atoms with Crippen molar-refractivity contribution in [3.05, 3.63) is 62.9 Å². The summed E-state index contributed by atoms with van der Waals surface area (Å²) in [6, 6.07) is 12.6. The van der Waals surface area contributed by atoms with Crippen LogP contribution in [0.3, 0.4) is 0 Å². The molecule has 4 rings (SSSR count). The van der Waals surface area contributed by atoms with Crippen LogP contribution in [0.1, 0.15) is 0 Å². The quantitative estimate of drug-likeness (QED) is 0.506. The monoisotopic (exact) mass is 344 g/mol. The Hall–Kier alpha value is -2.30. The first-order valence-corrected chi connectivity index (χ1v) is 7.66. The molecule has 0 fully saturated rings. The van der Waals surface area contributed by atoms with Gasteiger partial charge in [-0.25, -0.2) is 4.68 Å². The van der Waals surface area contributed by atoms with Crippen LogP contribution in [0, 0.1) is 0 Å². The molecule has 2 aliphatic rings. The van der Waals surface area contributed by atoms with Crippen molar-refractivity contribution < 1.29 is 4.42 Å². The molecule has 0 saturated carbocycles. The molecule has 0 aromatic heterocycles. The van der Waals surface area contributed by atoms with Gasteiger partial charge in [-0.2, -0.15) is 5.10 Å². The number of aromatic nitrogens is 2.